The predicted molar refractivity (Wildman–Crippen MR) is 252 cm³/mol. The van der Waals surface area contributed by atoms with Gasteiger partial charge in [-0.05, 0) is 79.9 Å². The number of nitrogens with zero attached hydrogens (tertiary/aromatic N) is 3. The van der Waals surface area contributed by atoms with E-state index < -0.39 is 5.41 Å². The van der Waals surface area contributed by atoms with Crippen molar-refractivity contribution in [2.75, 3.05) is 0 Å². The van der Waals surface area contributed by atoms with Crippen molar-refractivity contribution in [2.45, 2.75) is 5.41 Å². The molecule has 0 unspecified atom stereocenters. The van der Waals surface area contributed by atoms with Gasteiger partial charge >= 0.3 is 0 Å². The fourth-order valence-electron chi connectivity index (χ4n) is 9.53. The van der Waals surface area contributed by atoms with Crippen LogP contribution in [-0.4, -0.2) is 15.0 Å². The molecular formula is C58H37N3O. The van der Waals surface area contributed by atoms with E-state index in [2.05, 4.69) is 152 Å². The molecule has 2 aromatic heterocycles. The summed E-state index contributed by atoms with van der Waals surface area (Å²) in [5.74, 6) is 1.94. The second-order valence-corrected chi connectivity index (χ2v) is 15.9. The van der Waals surface area contributed by atoms with E-state index in [1.54, 1.807) is 0 Å². The molecule has 9 aromatic carbocycles. The summed E-state index contributed by atoms with van der Waals surface area (Å²) in [6, 6.07) is 79.6. The smallest absolute Gasteiger partial charge is 0.164 e. The largest absolute Gasteiger partial charge is 0.456 e. The van der Waals surface area contributed by atoms with Crippen LogP contribution in [0.2, 0.25) is 0 Å². The third-order valence-electron chi connectivity index (χ3n) is 12.5. The van der Waals surface area contributed by atoms with Crippen LogP contribution >= 0.6 is 0 Å². The molecule has 0 radical (unpaired) electrons. The molecule has 0 saturated heterocycles. The Labute approximate surface area is 359 Å². The lowest BCUT2D eigenvalue weighted by molar-refractivity contribution is 0.668. The minimum Gasteiger partial charge on any atom is -0.456 e. The maximum atomic E-state index is 6.31. The van der Waals surface area contributed by atoms with E-state index in [0.29, 0.717) is 17.5 Å². The SMILES string of the molecule is c1ccc(-c2nc(-c3ccccc3)nc(-c3cccc(-c4ccc(-c5ccc(C6(c7ccc8oc9ccccc9c8c7)c7ccccc7-c7ccccc76)cc5)cc4)c3)n2)cc1. The third-order valence-corrected chi connectivity index (χ3v) is 12.5. The number of hydrogen-bond donors (Lipinski definition) is 0. The zero-order valence-corrected chi connectivity index (χ0v) is 33.6. The van der Waals surface area contributed by atoms with Crippen LogP contribution in [0.5, 0.6) is 0 Å². The van der Waals surface area contributed by atoms with Crippen molar-refractivity contribution in [1.82, 2.24) is 15.0 Å². The first-order chi connectivity index (χ1) is 30.7. The number of para-hydroxylation sites is 1. The van der Waals surface area contributed by atoms with Crippen LogP contribution in [0.15, 0.2) is 229 Å². The normalized spacial score (nSPS) is 12.6. The van der Waals surface area contributed by atoms with Crippen molar-refractivity contribution in [3.8, 4) is 67.5 Å². The Morgan fingerprint density at radius 3 is 1.37 bits per heavy atom. The molecule has 0 fully saturated rings. The average Bonchev–Trinajstić information content (AvgIpc) is 3.88. The molecule has 0 saturated carbocycles. The van der Waals surface area contributed by atoms with Crippen LogP contribution < -0.4 is 0 Å². The Balaban J connectivity index is 0.910. The molecule has 0 amide bonds. The molecule has 4 nitrogen and oxygen atoms in total. The minimum atomic E-state index is -0.518. The summed E-state index contributed by atoms with van der Waals surface area (Å²) in [5.41, 5.74) is 16.2. The maximum absolute atomic E-state index is 6.31. The molecule has 62 heavy (non-hydrogen) atoms. The summed E-state index contributed by atoms with van der Waals surface area (Å²) in [6.07, 6.45) is 0. The van der Waals surface area contributed by atoms with Gasteiger partial charge < -0.3 is 4.42 Å². The summed E-state index contributed by atoms with van der Waals surface area (Å²) in [7, 11) is 0. The lowest BCUT2D eigenvalue weighted by Gasteiger charge is -2.34. The summed E-state index contributed by atoms with van der Waals surface area (Å²) in [4.78, 5) is 14.8. The van der Waals surface area contributed by atoms with Crippen LogP contribution in [0.4, 0.5) is 0 Å². The van der Waals surface area contributed by atoms with E-state index in [0.717, 1.165) is 60.9 Å². The van der Waals surface area contributed by atoms with E-state index in [9.17, 15) is 0 Å². The van der Waals surface area contributed by atoms with Crippen LogP contribution in [0.25, 0.3) is 89.5 Å². The van der Waals surface area contributed by atoms with E-state index >= 15 is 0 Å². The molecule has 0 N–H and O–H groups in total. The van der Waals surface area contributed by atoms with Gasteiger partial charge in [0.05, 0.1) is 5.41 Å². The quantitative estimate of drug-likeness (QED) is 0.161. The molecular weight excluding hydrogens is 755 g/mol. The number of rotatable bonds is 7. The Bertz CT molecular complexity index is 3340. The van der Waals surface area contributed by atoms with Gasteiger partial charge in [0.1, 0.15) is 11.2 Å². The fraction of sp³-hybridized carbons (Fsp3) is 0.0172. The van der Waals surface area contributed by atoms with Crippen molar-refractivity contribution in [3.05, 3.63) is 247 Å². The van der Waals surface area contributed by atoms with Gasteiger partial charge in [-0.2, -0.15) is 0 Å². The first-order valence-electron chi connectivity index (χ1n) is 21.0. The highest BCUT2D eigenvalue weighted by atomic mass is 16.3. The van der Waals surface area contributed by atoms with Crippen LogP contribution in [-0.2, 0) is 5.41 Å². The van der Waals surface area contributed by atoms with Crippen molar-refractivity contribution in [2.24, 2.45) is 0 Å². The molecule has 1 aliphatic rings. The molecule has 2 heterocycles. The summed E-state index contributed by atoms with van der Waals surface area (Å²) < 4.78 is 6.31. The standard InChI is InChI=1S/C58H37N3O/c1-3-14-41(15-4-1)55-59-56(42-16-5-2-6-17-42)61-57(60-55)44-19-13-18-43(36-44)40-28-26-38(27-29-40)39-30-32-45(33-31-39)58(51-23-10-7-20-47(51)48-21-8-11-24-52(48)58)46-34-35-54-50(37-46)49-22-9-12-25-53(49)62-54/h1-37H. The lowest BCUT2D eigenvalue weighted by Crippen LogP contribution is -2.28. The van der Waals surface area contributed by atoms with Gasteiger partial charge in [0.15, 0.2) is 17.5 Å². The van der Waals surface area contributed by atoms with E-state index in [1.807, 2.05) is 72.8 Å². The molecule has 1 aliphatic carbocycles. The molecule has 0 aliphatic heterocycles. The molecule has 12 rings (SSSR count). The monoisotopic (exact) mass is 791 g/mol. The highest BCUT2D eigenvalue weighted by Crippen LogP contribution is 2.56. The number of hydrogen-bond acceptors (Lipinski definition) is 4. The summed E-state index contributed by atoms with van der Waals surface area (Å²) in [5, 5.41) is 2.26. The van der Waals surface area contributed by atoms with Crippen molar-refractivity contribution < 1.29 is 4.42 Å². The number of fused-ring (bicyclic) bond motifs is 6. The molecule has 0 spiro atoms. The number of aromatic nitrogens is 3. The number of benzene rings is 9. The van der Waals surface area contributed by atoms with Crippen LogP contribution in [0.3, 0.4) is 0 Å². The first kappa shape index (κ1) is 35.7. The molecule has 0 atom stereocenters. The Morgan fingerprint density at radius 1 is 0.290 bits per heavy atom. The van der Waals surface area contributed by atoms with Crippen molar-refractivity contribution in [1.29, 1.82) is 0 Å². The predicted octanol–water partition coefficient (Wildman–Crippen LogP) is 14.5. The Morgan fingerprint density at radius 2 is 0.742 bits per heavy atom. The maximum Gasteiger partial charge on any atom is 0.164 e. The molecule has 290 valence electrons. The van der Waals surface area contributed by atoms with Crippen molar-refractivity contribution >= 4 is 21.9 Å². The topological polar surface area (TPSA) is 51.8 Å². The van der Waals surface area contributed by atoms with Gasteiger partial charge in [-0.15, -0.1) is 0 Å². The second-order valence-electron chi connectivity index (χ2n) is 15.9. The summed E-state index contributed by atoms with van der Waals surface area (Å²) in [6.45, 7) is 0. The van der Waals surface area contributed by atoms with Crippen molar-refractivity contribution in [3.63, 3.8) is 0 Å². The van der Waals surface area contributed by atoms with Gasteiger partial charge in [-0.3, -0.25) is 0 Å². The van der Waals surface area contributed by atoms with E-state index in [1.165, 1.54) is 33.4 Å². The van der Waals surface area contributed by atoms with Gasteiger partial charge in [0.2, 0.25) is 0 Å². The zero-order chi connectivity index (χ0) is 41.0. The highest BCUT2D eigenvalue weighted by Gasteiger charge is 2.46. The summed E-state index contributed by atoms with van der Waals surface area (Å²) >= 11 is 0. The average molecular weight is 792 g/mol. The Kier molecular flexibility index (Phi) is 8.36. The molecule has 4 heteroatoms. The van der Waals surface area contributed by atoms with E-state index in [4.69, 9.17) is 19.4 Å². The first-order valence-corrected chi connectivity index (χ1v) is 21.0. The van der Waals surface area contributed by atoms with Crippen LogP contribution in [0, 0.1) is 0 Å². The number of furan rings is 1. The fourth-order valence-corrected chi connectivity index (χ4v) is 9.53. The lowest BCUT2D eigenvalue weighted by atomic mass is 9.67. The van der Waals surface area contributed by atoms with Gasteiger partial charge in [-0.25, -0.2) is 15.0 Å². The van der Waals surface area contributed by atoms with Gasteiger partial charge in [0, 0.05) is 27.5 Å². The van der Waals surface area contributed by atoms with E-state index in [-0.39, 0.29) is 0 Å². The Hall–Kier alpha value is -8.21. The minimum absolute atomic E-state index is 0.518. The van der Waals surface area contributed by atoms with Gasteiger partial charge in [-0.1, -0.05) is 200 Å². The molecule has 11 aromatic rings. The zero-order valence-electron chi connectivity index (χ0n) is 33.6. The highest BCUT2D eigenvalue weighted by molar-refractivity contribution is 6.05. The second kappa shape index (κ2) is 14.5. The van der Waals surface area contributed by atoms with Crippen LogP contribution in [0.1, 0.15) is 22.3 Å². The third kappa shape index (κ3) is 5.80. The molecule has 0 bridgehead atoms. The van der Waals surface area contributed by atoms with Gasteiger partial charge in [0.25, 0.3) is 0 Å².